The zero-order valence-electron chi connectivity index (χ0n) is 9.21. The highest BCUT2D eigenvalue weighted by Gasteiger charge is 2.32. The summed E-state index contributed by atoms with van der Waals surface area (Å²) in [5, 5.41) is 0. The summed E-state index contributed by atoms with van der Waals surface area (Å²) in [4.78, 5) is 16.5. The van der Waals surface area contributed by atoms with E-state index in [4.69, 9.17) is 0 Å². The minimum atomic E-state index is -4.39. The van der Waals surface area contributed by atoms with Crippen LogP contribution < -0.4 is 0 Å². The molecule has 2 heterocycles. The van der Waals surface area contributed by atoms with Gasteiger partial charge < -0.3 is 4.90 Å². The number of halogens is 3. The highest BCUT2D eigenvalue weighted by molar-refractivity contribution is 6.56. The SMILES string of the molecule is BC(=O)N1CCc2ncc(C(F)(F)F)cc2C1. The van der Waals surface area contributed by atoms with Gasteiger partial charge >= 0.3 is 6.18 Å². The maximum Gasteiger partial charge on any atom is 0.417 e. The number of carbonyl (C=O) groups is 1. The Balaban J connectivity index is 2.32. The smallest absolute Gasteiger partial charge is 0.347 e. The third kappa shape index (κ3) is 2.43. The van der Waals surface area contributed by atoms with E-state index >= 15 is 0 Å². The van der Waals surface area contributed by atoms with Crippen LogP contribution in [-0.4, -0.2) is 30.1 Å². The van der Waals surface area contributed by atoms with Crippen molar-refractivity contribution in [1.29, 1.82) is 0 Å². The van der Waals surface area contributed by atoms with Gasteiger partial charge in [-0.15, -0.1) is 0 Å². The first kappa shape index (κ1) is 11.9. The second-order valence-electron chi connectivity index (χ2n) is 4.02. The maximum absolute atomic E-state index is 12.5. The van der Waals surface area contributed by atoms with Gasteiger partial charge in [-0.25, -0.2) is 0 Å². The minimum Gasteiger partial charge on any atom is -0.347 e. The van der Waals surface area contributed by atoms with Crippen molar-refractivity contribution in [2.24, 2.45) is 0 Å². The van der Waals surface area contributed by atoms with Crippen LogP contribution in [0.1, 0.15) is 16.8 Å². The molecule has 1 amide bonds. The van der Waals surface area contributed by atoms with E-state index in [1.807, 2.05) is 0 Å². The summed E-state index contributed by atoms with van der Waals surface area (Å²) in [6, 6.07) is 1.08. The van der Waals surface area contributed by atoms with Gasteiger partial charge in [0.1, 0.15) is 0 Å². The summed E-state index contributed by atoms with van der Waals surface area (Å²) < 4.78 is 37.5. The van der Waals surface area contributed by atoms with E-state index in [9.17, 15) is 18.0 Å². The lowest BCUT2D eigenvalue weighted by Crippen LogP contribution is -2.35. The Kier molecular flexibility index (Phi) is 2.85. The Hall–Kier alpha value is -1.53. The van der Waals surface area contributed by atoms with Crippen molar-refractivity contribution in [3.8, 4) is 0 Å². The average Bonchev–Trinajstić information content (AvgIpc) is 2.26. The van der Waals surface area contributed by atoms with Gasteiger partial charge in [-0.05, 0) is 11.6 Å². The van der Waals surface area contributed by atoms with Gasteiger partial charge in [-0.3, -0.25) is 9.78 Å². The van der Waals surface area contributed by atoms with Crippen LogP contribution >= 0.6 is 0 Å². The Morgan fingerprint density at radius 3 is 2.76 bits per heavy atom. The summed E-state index contributed by atoms with van der Waals surface area (Å²) in [6.07, 6.45) is -3.03. The first-order valence-electron chi connectivity index (χ1n) is 5.18. The number of aromatic nitrogens is 1. The highest BCUT2D eigenvalue weighted by atomic mass is 19.4. The first-order valence-corrected chi connectivity index (χ1v) is 5.18. The summed E-state index contributed by atoms with van der Waals surface area (Å²) in [5.74, 6) is -0.131. The molecule has 0 N–H and O–H groups in total. The molecule has 1 aromatic heterocycles. The van der Waals surface area contributed by atoms with Crippen molar-refractivity contribution in [2.75, 3.05) is 6.54 Å². The third-order valence-electron chi connectivity index (χ3n) is 2.81. The molecule has 0 saturated carbocycles. The summed E-state index contributed by atoms with van der Waals surface area (Å²) >= 11 is 0. The Labute approximate surface area is 97.0 Å². The van der Waals surface area contributed by atoms with Crippen LogP contribution in [0, 0.1) is 0 Å². The lowest BCUT2D eigenvalue weighted by molar-refractivity contribution is -0.137. The number of alkyl halides is 3. The van der Waals surface area contributed by atoms with Crippen LogP contribution in [0.2, 0.25) is 0 Å². The fraction of sp³-hybridized carbons (Fsp3) is 0.400. The molecule has 1 aromatic rings. The van der Waals surface area contributed by atoms with E-state index < -0.39 is 11.7 Å². The second kappa shape index (κ2) is 4.05. The zero-order chi connectivity index (χ0) is 12.6. The number of hydrogen-bond acceptors (Lipinski definition) is 2. The zero-order valence-corrected chi connectivity index (χ0v) is 9.21. The largest absolute Gasteiger partial charge is 0.417 e. The molecule has 0 spiro atoms. The lowest BCUT2D eigenvalue weighted by atomic mass is 10.0. The normalized spacial score (nSPS) is 15.6. The third-order valence-corrected chi connectivity index (χ3v) is 2.81. The van der Waals surface area contributed by atoms with Crippen LogP contribution in [-0.2, 0) is 19.1 Å². The monoisotopic (exact) mass is 242 g/mol. The number of fused-ring (bicyclic) bond motifs is 1. The maximum atomic E-state index is 12.5. The van der Waals surface area contributed by atoms with Crippen LogP contribution in [0.3, 0.4) is 0 Å². The van der Waals surface area contributed by atoms with Gasteiger partial charge in [0.25, 0.3) is 0 Å². The fourth-order valence-corrected chi connectivity index (χ4v) is 1.85. The molecule has 2 rings (SSSR count). The van der Waals surface area contributed by atoms with E-state index in [1.165, 1.54) is 12.7 Å². The number of amides is 1. The van der Waals surface area contributed by atoms with Gasteiger partial charge in [-0.1, -0.05) is 0 Å². The van der Waals surface area contributed by atoms with E-state index in [2.05, 4.69) is 4.98 Å². The molecule has 0 aliphatic carbocycles. The van der Waals surface area contributed by atoms with Gasteiger partial charge in [0.15, 0.2) is 5.81 Å². The fourth-order valence-electron chi connectivity index (χ4n) is 1.85. The highest BCUT2D eigenvalue weighted by Crippen LogP contribution is 2.30. The quantitative estimate of drug-likeness (QED) is 0.640. The number of hydrogen-bond donors (Lipinski definition) is 0. The molecule has 0 atom stereocenters. The van der Waals surface area contributed by atoms with E-state index in [0.29, 0.717) is 24.2 Å². The lowest BCUT2D eigenvalue weighted by Gasteiger charge is -2.28. The van der Waals surface area contributed by atoms with Crippen LogP contribution in [0.25, 0.3) is 0 Å². The van der Waals surface area contributed by atoms with Crippen molar-refractivity contribution in [2.45, 2.75) is 19.1 Å². The molecular weight excluding hydrogens is 232 g/mol. The molecular formula is C10H10BF3N2O. The molecule has 1 aliphatic heterocycles. The molecule has 0 bridgehead atoms. The standard InChI is InChI=1S/C10H10BF3N2O/c11-9(17)16-2-1-8-6(5-16)3-7(4-15-8)10(12,13)14/h3-4H,1-2,5,11H2. The number of rotatable bonds is 0. The molecule has 7 heteroatoms. The van der Waals surface area contributed by atoms with Crippen molar-refractivity contribution < 1.29 is 18.0 Å². The van der Waals surface area contributed by atoms with Crippen molar-refractivity contribution in [1.82, 2.24) is 9.88 Å². The van der Waals surface area contributed by atoms with Crippen molar-refractivity contribution in [3.63, 3.8) is 0 Å². The van der Waals surface area contributed by atoms with E-state index in [-0.39, 0.29) is 12.4 Å². The van der Waals surface area contributed by atoms with E-state index in [0.717, 1.165) is 12.3 Å². The summed E-state index contributed by atoms with van der Waals surface area (Å²) in [5.41, 5.74) is 0.374. The molecule has 0 aromatic carbocycles. The number of carbonyl (C=O) groups excluding carboxylic acids is 1. The molecule has 0 fully saturated rings. The topological polar surface area (TPSA) is 33.2 Å². The molecule has 0 radical (unpaired) electrons. The van der Waals surface area contributed by atoms with Gasteiger partial charge in [0.05, 0.1) is 5.56 Å². The first-order chi connectivity index (χ1) is 7.88. The van der Waals surface area contributed by atoms with Crippen LogP contribution in [0.15, 0.2) is 12.3 Å². The second-order valence-corrected chi connectivity index (χ2v) is 4.02. The predicted molar refractivity (Wildman–Crippen MR) is 57.3 cm³/mol. The Bertz CT molecular complexity index is 461. The van der Waals surface area contributed by atoms with Crippen LogP contribution in [0.4, 0.5) is 18.0 Å². The number of nitrogens with zero attached hydrogens (tertiary/aromatic N) is 2. The van der Waals surface area contributed by atoms with Crippen molar-refractivity contribution >= 4 is 13.7 Å². The van der Waals surface area contributed by atoms with E-state index in [1.54, 1.807) is 0 Å². The minimum absolute atomic E-state index is 0.131. The van der Waals surface area contributed by atoms with Crippen LogP contribution in [0.5, 0.6) is 0 Å². The average molecular weight is 242 g/mol. The van der Waals surface area contributed by atoms with Gasteiger partial charge in [0.2, 0.25) is 7.85 Å². The molecule has 3 nitrogen and oxygen atoms in total. The molecule has 17 heavy (non-hydrogen) atoms. The predicted octanol–water partition coefficient (Wildman–Crippen LogP) is 1.21. The molecule has 90 valence electrons. The molecule has 0 unspecified atom stereocenters. The summed E-state index contributed by atoms with van der Waals surface area (Å²) in [7, 11) is 1.41. The molecule has 0 saturated heterocycles. The summed E-state index contributed by atoms with van der Waals surface area (Å²) in [6.45, 7) is 0.724. The Morgan fingerprint density at radius 1 is 1.47 bits per heavy atom. The molecule has 1 aliphatic rings. The van der Waals surface area contributed by atoms with Crippen molar-refractivity contribution in [3.05, 3.63) is 29.1 Å². The van der Waals surface area contributed by atoms with Gasteiger partial charge in [-0.2, -0.15) is 13.2 Å². The number of pyridine rings is 1. The van der Waals surface area contributed by atoms with Gasteiger partial charge in [0, 0.05) is 31.4 Å². The Morgan fingerprint density at radius 2 is 2.18 bits per heavy atom.